The van der Waals surface area contributed by atoms with Crippen LogP contribution in [0.15, 0.2) is 12.3 Å². The predicted octanol–water partition coefficient (Wildman–Crippen LogP) is 1.13. The Labute approximate surface area is 75.2 Å². The van der Waals surface area contributed by atoms with Crippen LogP contribution in [0, 0.1) is 0 Å². The van der Waals surface area contributed by atoms with E-state index in [0.29, 0.717) is 16.5 Å². The predicted molar refractivity (Wildman–Crippen MR) is 44.8 cm³/mol. The Bertz CT molecular complexity index is 268. The molecule has 0 radical (unpaired) electrons. The lowest BCUT2D eigenvalue weighted by atomic mass is 10.3. The minimum Gasteiger partial charge on any atom is -0.481 e. The zero-order chi connectivity index (χ0) is 8.97. The number of pyridine rings is 1. The first-order valence-corrected chi connectivity index (χ1v) is 3.66. The van der Waals surface area contributed by atoms with E-state index < -0.39 is 0 Å². The molecular weight excluding hydrogens is 180 g/mol. The van der Waals surface area contributed by atoms with Gasteiger partial charge in [-0.2, -0.15) is 0 Å². The van der Waals surface area contributed by atoms with Crippen molar-refractivity contribution in [3.63, 3.8) is 0 Å². The molecule has 4 nitrogen and oxygen atoms in total. The Morgan fingerprint density at radius 2 is 2.42 bits per heavy atom. The van der Waals surface area contributed by atoms with Crippen LogP contribution >= 0.6 is 11.6 Å². The van der Waals surface area contributed by atoms with Crippen LogP contribution in [0.3, 0.4) is 0 Å². The number of halogens is 1. The van der Waals surface area contributed by atoms with Crippen molar-refractivity contribution in [3.05, 3.63) is 22.8 Å². The zero-order valence-corrected chi connectivity index (χ0v) is 7.34. The normalized spacial score (nSPS) is 9.92. The van der Waals surface area contributed by atoms with Gasteiger partial charge < -0.3 is 4.74 Å². The van der Waals surface area contributed by atoms with E-state index in [4.69, 9.17) is 22.2 Å². The van der Waals surface area contributed by atoms with Crippen LogP contribution in [-0.4, -0.2) is 12.1 Å². The average Bonchev–Trinajstić information content (AvgIpc) is 2.09. The summed E-state index contributed by atoms with van der Waals surface area (Å²) in [6.45, 7) is 0.190. The summed E-state index contributed by atoms with van der Waals surface area (Å²) in [5.41, 5.74) is 0.657. The summed E-state index contributed by atoms with van der Waals surface area (Å²) in [7, 11) is 1.51. The Morgan fingerprint density at radius 3 is 3.00 bits per heavy atom. The molecule has 5 heteroatoms. The maximum Gasteiger partial charge on any atom is 0.220 e. The molecule has 1 heterocycles. The molecule has 0 fully saturated rings. The minimum atomic E-state index is 0.190. The summed E-state index contributed by atoms with van der Waals surface area (Å²) in [4.78, 5) is 8.38. The largest absolute Gasteiger partial charge is 0.481 e. The highest BCUT2D eigenvalue weighted by Gasteiger charge is 2.07. The molecule has 2 N–H and O–H groups in total. The highest BCUT2D eigenvalue weighted by atomic mass is 35.5. The van der Waals surface area contributed by atoms with Crippen molar-refractivity contribution in [1.29, 1.82) is 0 Å². The van der Waals surface area contributed by atoms with E-state index in [2.05, 4.69) is 9.82 Å². The third kappa shape index (κ3) is 1.85. The Balaban J connectivity index is 3.02. The molecule has 0 aliphatic carbocycles. The smallest absolute Gasteiger partial charge is 0.220 e. The number of hydrogen-bond acceptors (Lipinski definition) is 4. The highest BCUT2D eigenvalue weighted by molar-refractivity contribution is 6.31. The van der Waals surface area contributed by atoms with Gasteiger partial charge in [-0.15, -0.1) is 0 Å². The number of hydrogen-bond donors (Lipinski definition) is 1. The van der Waals surface area contributed by atoms with Crippen molar-refractivity contribution in [2.45, 2.75) is 6.61 Å². The number of aromatic nitrogens is 1. The van der Waals surface area contributed by atoms with Crippen molar-refractivity contribution in [2.24, 2.45) is 5.90 Å². The maximum absolute atomic E-state index is 5.83. The molecule has 0 aliphatic heterocycles. The van der Waals surface area contributed by atoms with E-state index in [1.54, 1.807) is 12.3 Å². The lowest BCUT2D eigenvalue weighted by Gasteiger charge is -2.06. The van der Waals surface area contributed by atoms with Gasteiger partial charge in [0.2, 0.25) is 5.88 Å². The number of methoxy groups -OCH3 is 1. The standard InChI is InChI=1S/C7H9ClN2O2/c1-11-7-5(4-12-9)6(8)2-3-10-7/h2-3H,4,9H2,1H3. The lowest BCUT2D eigenvalue weighted by molar-refractivity contribution is 0.121. The minimum absolute atomic E-state index is 0.190. The summed E-state index contributed by atoms with van der Waals surface area (Å²) in [6, 6.07) is 1.65. The van der Waals surface area contributed by atoms with Crippen molar-refractivity contribution >= 4 is 11.6 Å². The van der Waals surface area contributed by atoms with E-state index >= 15 is 0 Å². The summed E-state index contributed by atoms with van der Waals surface area (Å²) in [5.74, 6) is 5.35. The van der Waals surface area contributed by atoms with Gasteiger partial charge in [0, 0.05) is 6.20 Å². The first-order valence-electron chi connectivity index (χ1n) is 3.28. The van der Waals surface area contributed by atoms with E-state index in [9.17, 15) is 0 Å². The van der Waals surface area contributed by atoms with Gasteiger partial charge in [-0.3, -0.25) is 4.84 Å². The van der Waals surface area contributed by atoms with Crippen molar-refractivity contribution < 1.29 is 9.57 Å². The van der Waals surface area contributed by atoms with Crippen LogP contribution in [0.5, 0.6) is 5.88 Å². The van der Waals surface area contributed by atoms with Gasteiger partial charge in [0.25, 0.3) is 0 Å². The third-order valence-electron chi connectivity index (χ3n) is 1.38. The second-order valence-corrected chi connectivity index (χ2v) is 2.50. The second-order valence-electron chi connectivity index (χ2n) is 2.09. The van der Waals surface area contributed by atoms with Gasteiger partial charge in [-0.05, 0) is 6.07 Å². The number of ether oxygens (including phenoxy) is 1. The molecule has 0 aromatic carbocycles. The molecule has 12 heavy (non-hydrogen) atoms. The lowest BCUT2D eigenvalue weighted by Crippen LogP contribution is -2.02. The number of nitrogens with zero attached hydrogens (tertiary/aromatic N) is 1. The van der Waals surface area contributed by atoms with Crippen molar-refractivity contribution in [3.8, 4) is 5.88 Å². The second kappa shape index (κ2) is 4.25. The first kappa shape index (κ1) is 9.25. The van der Waals surface area contributed by atoms with Crippen molar-refractivity contribution in [1.82, 2.24) is 4.98 Å². The van der Waals surface area contributed by atoms with Crippen LogP contribution in [0.4, 0.5) is 0 Å². The highest BCUT2D eigenvalue weighted by Crippen LogP contribution is 2.23. The van der Waals surface area contributed by atoms with Gasteiger partial charge in [0.1, 0.15) is 0 Å². The SMILES string of the molecule is COc1nccc(Cl)c1CON. The molecule has 1 aromatic rings. The quantitative estimate of drug-likeness (QED) is 0.723. The fourth-order valence-electron chi connectivity index (χ4n) is 0.841. The molecule has 1 rings (SSSR count). The summed E-state index contributed by atoms with van der Waals surface area (Å²) in [5, 5.41) is 0.535. The van der Waals surface area contributed by atoms with Gasteiger partial charge in [0.15, 0.2) is 0 Å². The molecule has 0 aliphatic rings. The number of rotatable bonds is 3. The Hall–Kier alpha value is -0.840. The number of nitrogens with two attached hydrogens (primary N) is 1. The fourth-order valence-corrected chi connectivity index (χ4v) is 1.03. The first-order chi connectivity index (χ1) is 5.79. The summed E-state index contributed by atoms with van der Waals surface area (Å²) < 4.78 is 4.95. The van der Waals surface area contributed by atoms with E-state index in [1.807, 2.05) is 0 Å². The molecule has 0 spiro atoms. The van der Waals surface area contributed by atoms with Crippen molar-refractivity contribution in [2.75, 3.05) is 7.11 Å². The van der Waals surface area contributed by atoms with Gasteiger partial charge in [0.05, 0.1) is 24.3 Å². The van der Waals surface area contributed by atoms with Crippen LogP contribution in [0.2, 0.25) is 5.02 Å². The molecule has 0 unspecified atom stereocenters. The molecule has 66 valence electrons. The summed E-state index contributed by atoms with van der Waals surface area (Å²) in [6.07, 6.45) is 1.56. The average molecular weight is 189 g/mol. The molecule has 1 aromatic heterocycles. The van der Waals surface area contributed by atoms with E-state index in [0.717, 1.165) is 0 Å². The van der Waals surface area contributed by atoms with Gasteiger partial charge >= 0.3 is 0 Å². The van der Waals surface area contributed by atoms with Crippen LogP contribution < -0.4 is 10.6 Å². The molecule has 0 saturated heterocycles. The summed E-state index contributed by atoms with van der Waals surface area (Å²) >= 11 is 5.83. The fraction of sp³-hybridized carbons (Fsp3) is 0.286. The van der Waals surface area contributed by atoms with Crippen LogP contribution in [0.1, 0.15) is 5.56 Å². The third-order valence-corrected chi connectivity index (χ3v) is 1.73. The van der Waals surface area contributed by atoms with E-state index in [1.165, 1.54) is 7.11 Å². The Kier molecular flexibility index (Phi) is 3.28. The molecule has 0 bridgehead atoms. The van der Waals surface area contributed by atoms with Crippen LogP contribution in [0.25, 0.3) is 0 Å². The monoisotopic (exact) mass is 188 g/mol. The Morgan fingerprint density at radius 1 is 1.67 bits per heavy atom. The topological polar surface area (TPSA) is 57.4 Å². The maximum atomic E-state index is 5.83. The molecule has 0 atom stereocenters. The molecule has 0 amide bonds. The van der Waals surface area contributed by atoms with E-state index in [-0.39, 0.29) is 6.61 Å². The van der Waals surface area contributed by atoms with Gasteiger partial charge in [-0.25, -0.2) is 10.9 Å². The van der Waals surface area contributed by atoms with Gasteiger partial charge in [-0.1, -0.05) is 11.6 Å². The zero-order valence-electron chi connectivity index (χ0n) is 6.58. The van der Waals surface area contributed by atoms with Crippen LogP contribution in [-0.2, 0) is 11.4 Å². The molecule has 0 saturated carbocycles. The molecular formula is C7H9ClN2O2.